The van der Waals surface area contributed by atoms with Crippen LogP contribution in [0.3, 0.4) is 0 Å². The van der Waals surface area contributed by atoms with E-state index in [1.54, 1.807) is 30.3 Å². The Balaban J connectivity index is 2.22. The summed E-state index contributed by atoms with van der Waals surface area (Å²) in [5.41, 5.74) is 1.16. The Morgan fingerprint density at radius 2 is 1.67 bits per heavy atom. The fourth-order valence-corrected chi connectivity index (χ4v) is 2.83. The number of phenols is 1. The van der Waals surface area contributed by atoms with Crippen LogP contribution in [-0.2, 0) is 4.74 Å². The van der Waals surface area contributed by atoms with Crippen molar-refractivity contribution in [1.29, 1.82) is 0 Å². The van der Waals surface area contributed by atoms with Gasteiger partial charge in [-0.2, -0.15) is 0 Å². The number of aromatic hydroxyl groups is 1. The molecule has 108 valence electrons. The number of benzene rings is 2. The van der Waals surface area contributed by atoms with E-state index in [2.05, 4.69) is 31.9 Å². The number of hydrogen-bond donors (Lipinski definition) is 1. The zero-order valence-electron chi connectivity index (χ0n) is 10.9. The minimum atomic E-state index is -0.917. The van der Waals surface area contributed by atoms with Gasteiger partial charge in [0.1, 0.15) is 11.3 Å². The van der Waals surface area contributed by atoms with Gasteiger partial charge in [-0.05, 0) is 47.1 Å². The normalized spacial score (nSPS) is 10.2. The molecule has 0 aliphatic rings. The summed E-state index contributed by atoms with van der Waals surface area (Å²) in [6.45, 7) is 1.89. The summed E-state index contributed by atoms with van der Waals surface area (Å²) in [5.74, 6) is -1.96. The molecular formula is C15H10Br2O4. The summed E-state index contributed by atoms with van der Waals surface area (Å²) in [7, 11) is 0. The molecule has 0 saturated carbocycles. The summed E-state index contributed by atoms with van der Waals surface area (Å²) in [5, 5.41) is 9.83. The quantitative estimate of drug-likeness (QED) is 0.591. The standard InChI is InChI=1S/C15H10Br2O4/c1-8-2-4-9(5-3-8)14(19)21-15(20)11-6-10(16)7-12(17)13(11)18/h2-7,18H,1H3. The molecule has 21 heavy (non-hydrogen) atoms. The van der Waals surface area contributed by atoms with Gasteiger partial charge in [0.15, 0.2) is 0 Å². The number of ether oxygens (including phenoxy) is 1. The van der Waals surface area contributed by atoms with Crippen molar-refractivity contribution >= 4 is 43.8 Å². The summed E-state index contributed by atoms with van der Waals surface area (Å²) < 4.78 is 5.67. The lowest BCUT2D eigenvalue weighted by molar-refractivity contribution is 0.0396. The van der Waals surface area contributed by atoms with Gasteiger partial charge in [0.25, 0.3) is 0 Å². The monoisotopic (exact) mass is 412 g/mol. The van der Waals surface area contributed by atoms with Crippen LogP contribution >= 0.6 is 31.9 Å². The van der Waals surface area contributed by atoms with Crippen LogP contribution < -0.4 is 0 Å². The molecule has 2 aromatic rings. The van der Waals surface area contributed by atoms with Crippen molar-refractivity contribution in [3.63, 3.8) is 0 Å². The first-order valence-electron chi connectivity index (χ1n) is 5.89. The highest BCUT2D eigenvalue weighted by molar-refractivity contribution is 9.11. The van der Waals surface area contributed by atoms with E-state index < -0.39 is 11.9 Å². The Morgan fingerprint density at radius 1 is 1.05 bits per heavy atom. The molecule has 6 heteroatoms. The molecule has 0 amide bonds. The molecule has 2 rings (SSSR count). The van der Waals surface area contributed by atoms with Crippen molar-refractivity contribution < 1.29 is 19.4 Å². The Morgan fingerprint density at radius 3 is 2.29 bits per heavy atom. The molecule has 0 heterocycles. The zero-order chi connectivity index (χ0) is 15.6. The average molecular weight is 414 g/mol. The second kappa shape index (κ2) is 6.41. The second-order valence-corrected chi connectivity index (χ2v) is 6.10. The van der Waals surface area contributed by atoms with Gasteiger partial charge in [-0.25, -0.2) is 9.59 Å². The molecule has 2 aromatic carbocycles. The van der Waals surface area contributed by atoms with Crippen molar-refractivity contribution in [2.24, 2.45) is 0 Å². The van der Waals surface area contributed by atoms with Crippen LogP contribution in [0, 0.1) is 6.92 Å². The summed E-state index contributed by atoms with van der Waals surface area (Å²) in [6.07, 6.45) is 0. The minimum absolute atomic E-state index is 0.100. The Bertz CT molecular complexity index is 708. The largest absolute Gasteiger partial charge is 0.506 e. The highest BCUT2D eigenvalue weighted by Crippen LogP contribution is 2.32. The van der Waals surface area contributed by atoms with Crippen molar-refractivity contribution in [2.45, 2.75) is 6.92 Å². The van der Waals surface area contributed by atoms with Crippen LogP contribution in [0.25, 0.3) is 0 Å². The number of phenolic OH excluding ortho intramolecular Hbond substituents is 1. The van der Waals surface area contributed by atoms with Gasteiger partial charge in [-0.15, -0.1) is 0 Å². The first-order valence-corrected chi connectivity index (χ1v) is 7.48. The molecule has 1 N–H and O–H groups in total. The van der Waals surface area contributed by atoms with E-state index >= 15 is 0 Å². The molecular weight excluding hydrogens is 404 g/mol. The molecule has 0 unspecified atom stereocenters. The predicted octanol–water partition coefficient (Wildman–Crippen LogP) is 4.22. The molecule has 0 atom stereocenters. The number of hydrogen-bond acceptors (Lipinski definition) is 4. The van der Waals surface area contributed by atoms with E-state index in [0.29, 0.717) is 8.95 Å². The zero-order valence-corrected chi connectivity index (χ0v) is 14.1. The molecule has 0 aliphatic carbocycles. The van der Waals surface area contributed by atoms with E-state index in [1.807, 2.05) is 6.92 Å². The van der Waals surface area contributed by atoms with Crippen LogP contribution in [-0.4, -0.2) is 17.0 Å². The first-order chi connectivity index (χ1) is 9.88. The number of aryl methyl sites for hydroxylation is 1. The average Bonchev–Trinajstić information content (AvgIpc) is 2.43. The molecule has 0 radical (unpaired) electrons. The van der Waals surface area contributed by atoms with Crippen molar-refractivity contribution in [3.05, 3.63) is 62.0 Å². The lowest BCUT2D eigenvalue weighted by atomic mass is 10.1. The van der Waals surface area contributed by atoms with Gasteiger partial charge in [0.05, 0.1) is 10.0 Å². The van der Waals surface area contributed by atoms with Gasteiger partial charge in [0.2, 0.25) is 0 Å². The van der Waals surface area contributed by atoms with E-state index in [4.69, 9.17) is 4.74 Å². The SMILES string of the molecule is Cc1ccc(C(=O)OC(=O)c2cc(Br)cc(Br)c2O)cc1. The van der Waals surface area contributed by atoms with E-state index in [0.717, 1.165) is 5.56 Å². The van der Waals surface area contributed by atoms with Crippen LogP contribution in [0.15, 0.2) is 45.3 Å². The van der Waals surface area contributed by atoms with E-state index in [9.17, 15) is 14.7 Å². The summed E-state index contributed by atoms with van der Waals surface area (Å²) in [6, 6.07) is 9.59. The second-order valence-electron chi connectivity index (χ2n) is 4.33. The predicted molar refractivity (Wildman–Crippen MR) is 84.4 cm³/mol. The fraction of sp³-hybridized carbons (Fsp3) is 0.0667. The number of carbonyl (C=O) groups excluding carboxylic acids is 2. The molecule has 0 spiro atoms. The van der Waals surface area contributed by atoms with Crippen molar-refractivity contribution in [3.8, 4) is 5.75 Å². The van der Waals surface area contributed by atoms with Gasteiger partial charge in [-0.3, -0.25) is 0 Å². The first kappa shape index (κ1) is 15.7. The number of esters is 2. The van der Waals surface area contributed by atoms with Gasteiger partial charge >= 0.3 is 11.9 Å². The molecule has 4 nitrogen and oxygen atoms in total. The van der Waals surface area contributed by atoms with Gasteiger partial charge < -0.3 is 9.84 Å². The van der Waals surface area contributed by atoms with E-state index in [1.165, 1.54) is 6.07 Å². The number of rotatable bonds is 2. The maximum absolute atomic E-state index is 12.0. The number of carbonyl (C=O) groups is 2. The molecule has 0 bridgehead atoms. The smallest absolute Gasteiger partial charge is 0.349 e. The highest BCUT2D eigenvalue weighted by Gasteiger charge is 2.20. The Hall–Kier alpha value is -1.66. The van der Waals surface area contributed by atoms with Gasteiger partial charge in [0, 0.05) is 4.47 Å². The van der Waals surface area contributed by atoms with Crippen LogP contribution in [0.2, 0.25) is 0 Å². The molecule has 0 fully saturated rings. The minimum Gasteiger partial charge on any atom is -0.506 e. The van der Waals surface area contributed by atoms with E-state index in [-0.39, 0.29) is 16.9 Å². The third-order valence-corrected chi connectivity index (χ3v) is 3.78. The highest BCUT2D eigenvalue weighted by atomic mass is 79.9. The lowest BCUT2D eigenvalue weighted by Gasteiger charge is -2.07. The number of halogens is 2. The topological polar surface area (TPSA) is 63.6 Å². The lowest BCUT2D eigenvalue weighted by Crippen LogP contribution is -2.13. The third-order valence-electron chi connectivity index (χ3n) is 2.72. The Kier molecular flexibility index (Phi) is 4.80. The van der Waals surface area contributed by atoms with Crippen LogP contribution in [0.5, 0.6) is 5.75 Å². The molecule has 0 saturated heterocycles. The Labute approximate surface area is 138 Å². The van der Waals surface area contributed by atoms with Gasteiger partial charge in [-0.1, -0.05) is 33.6 Å². The van der Waals surface area contributed by atoms with Crippen molar-refractivity contribution in [1.82, 2.24) is 0 Å². The van der Waals surface area contributed by atoms with Crippen LogP contribution in [0.4, 0.5) is 0 Å². The maximum Gasteiger partial charge on any atom is 0.349 e. The fourth-order valence-electron chi connectivity index (χ4n) is 1.61. The third kappa shape index (κ3) is 3.71. The molecule has 0 aliphatic heterocycles. The summed E-state index contributed by atoms with van der Waals surface area (Å²) in [4.78, 5) is 23.8. The van der Waals surface area contributed by atoms with Crippen LogP contribution in [0.1, 0.15) is 26.3 Å². The molecule has 0 aromatic heterocycles. The summed E-state index contributed by atoms with van der Waals surface area (Å²) >= 11 is 6.31. The maximum atomic E-state index is 12.0. The van der Waals surface area contributed by atoms with Crippen molar-refractivity contribution in [2.75, 3.05) is 0 Å².